The Labute approximate surface area is 178 Å². The third kappa shape index (κ3) is 3.83. The zero-order valence-electron chi connectivity index (χ0n) is 18.7. The molecule has 0 radical (unpaired) electrons. The molecule has 1 heterocycles. The van der Waals surface area contributed by atoms with Crippen LogP contribution in [0.3, 0.4) is 0 Å². The molecule has 1 fully saturated rings. The average molecular weight is 415 g/mol. The standard InChI is InChI=1S/C23H34N4O3/c1-15(2)22(21(28)29)11-6-12-23(14-22,16(3)4)30-18-9-7-17(8-10-18)20-19(13-24)27(5)26-25-20/h7-10,15-16H,6,11-14,24H2,1-5H3,(H,28,29). The van der Waals surface area contributed by atoms with Gasteiger partial charge in [0.05, 0.1) is 11.1 Å². The van der Waals surface area contributed by atoms with Gasteiger partial charge < -0.3 is 15.6 Å². The Morgan fingerprint density at radius 2 is 1.87 bits per heavy atom. The zero-order chi connectivity index (χ0) is 22.1. The number of nitrogens with two attached hydrogens (primary N) is 1. The Kier molecular flexibility index (Phi) is 6.22. The summed E-state index contributed by atoms with van der Waals surface area (Å²) in [5.74, 6) is 0.276. The molecule has 0 bridgehead atoms. The van der Waals surface area contributed by atoms with Crippen molar-refractivity contribution in [3.05, 3.63) is 30.0 Å². The van der Waals surface area contributed by atoms with Crippen LogP contribution in [-0.4, -0.2) is 31.7 Å². The molecule has 1 aromatic heterocycles. The molecule has 3 rings (SSSR count). The third-order valence-electron chi connectivity index (χ3n) is 7.01. The van der Waals surface area contributed by atoms with Gasteiger partial charge in [0.2, 0.25) is 0 Å². The molecule has 1 aromatic carbocycles. The van der Waals surface area contributed by atoms with E-state index in [-0.39, 0.29) is 11.8 Å². The van der Waals surface area contributed by atoms with Crippen molar-refractivity contribution < 1.29 is 14.6 Å². The maximum absolute atomic E-state index is 12.3. The maximum atomic E-state index is 12.3. The number of carbonyl (C=O) groups is 1. The molecule has 7 nitrogen and oxygen atoms in total. The third-order valence-corrected chi connectivity index (χ3v) is 7.01. The van der Waals surface area contributed by atoms with Gasteiger partial charge in [0.15, 0.2) is 0 Å². The molecule has 1 aliphatic carbocycles. The predicted molar refractivity (Wildman–Crippen MR) is 116 cm³/mol. The molecule has 1 saturated carbocycles. The van der Waals surface area contributed by atoms with E-state index >= 15 is 0 Å². The molecule has 3 N–H and O–H groups in total. The Bertz CT molecular complexity index is 890. The highest BCUT2D eigenvalue weighted by Gasteiger charge is 2.53. The van der Waals surface area contributed by atoms with Gasteiger partial charge in [0.25, 0.3) is 0 Å². The van der Waals surface area contributed by atoms with E-state index in [0.717, 1.165) is 35.5 Å². The van der Waals surface area contributed by atoms with Crippen molar-refractivity contribution >= 4 is 5.97 Å². The highest BCUT2D eigenvalue weighted by atomic mass is 16.5. The van der Waals surface area contributed by atoms with E-state index in [1.54, 1.807) is 4.68 Å². The molecule has 2 atom stereocenters. The predicted octanol–water partition coefficient (Wildman–Crippen LogP) is 4.02. The molecule has 0 aliphatic heterocycles. The number of benzene rings is 1. The van der Waals surface area contributed by atoms with Crippen molar-refractivity contribution in [3.8, 4) is 17.0 Å². The van der Waals surface area contributed by atoms with Crippen LogP contribution in [0.5, 0.6) is 5.75 Å². The lowest BCUT2D eigenvalue weighted by molar-refractivity contribution is -0.164. The van der Waals surface area contributed by atoms with Gasteiger partial charge in [-0.2, -0.15) is 0 Å². The van der Waals surface area contributed by atoms with E-state index in [1.165, 1.54) is 0 Å². The number of aryl methyl sites for hydroxylation is 1. The van der Waals surface area contributed by atoms with Crippen molar-refractivity contribution in [1.82, 2.24) is 15.0 Å². The molecule has 164 valence electrons. The van der Waals surface area contributed by atoms with Gasteiger partial charge in [-0.05, 0) is 55.4 Å². The fourth-order valence-electron chi connectivity index (χ4n) is 4.78. The largest absolute Gasteiger partial charge is 0.487 e. The lowest BCUT2D eigenvalue weighted by atomic mass is 9.59. The number of carboxylic acids is 1. The van der Waals surface area contributed by atoms with E-state index in [9.17, 15) is 9.90 Å². The van der Waals surface area contributed by atoms with Gasteiger partial charge in [-0.15, -0.1) is 5.10 Å². The SMILES string of the molecule is CC(C)C1(Oc2ccc(-c3nnn(C)c3CN)cc2)CCCC(C(=O)O)(C(C)C)C1. The maximum Gasteiger partial charge on any atom is 0.310 e. The summed E-state index contributed by atoms with van der Waals surface area (Å²) >= 11 is 0. The second-order valence-electron chi connectivity index (χ2n) is 9.20. The van der Waals surface area contributed by atoms with E-state index in [2.05, 4.69) is 24.2 Å². The summed E-state index contributed by atoms with van der Waals surface area (Å²) in [7, 11) is 1.83. The number of nitrogens with zero attached hydrogens (tertiary/aromatic N) is 3. The number of carboxylic acid groups (broad SMARTS) is 1. The van der Waals surface area contributed by atoms with E-state index < -0.39 is 17.0 Å². The van der Waals surface area contributed by atoms with E-state index in [4.69, 9.17) is 10.5 Å². The molecule has 2 unspecified atom stereocenters. The van der Waals surface area contributed by atoms with Crippen LogP contribution in [0, 0.1) is 17.3 Å². The molecular formula is C23H34N4O3. The van der Waals surface area contributed by atoms with Crippen LogP contribution in [-0.2, 0) is 18.4 Å². The summed E-state index contributed by atoms with van der Waals surface area (Å²) in [5, 5.41) is 18.4. The summed E-state index contributed by atoms with van der Waals surface area (Å²) in [5.41, 5.74) is 7.16. The van der Waals surface area contributed by atoms with Gasteiger partial charge in [0, 0.05) is 25.6 Å². The van der Waals surface area contributed by atoms with Gasteiger partial charge in [0.1, 0.15) is 17.0 Å². The van der Waals surface area contributed by atoms with Crippen molar-refractivity contribution in [2.24, 2.45) is 30.0 Å². The number of aliphatic carboxylic acids is 1. The first kappa shape index (κ1) is 22.3. The van der Waals surface area contributed by atoms with Crippen molar-refractivity contribution in [2.75, 3.05) is 0 Å². The number of aromatic nitrogens is 3. The number of hydrogen-bond donors (Lipinski definition) is 2. The minimum atomic E-state index is -0.752. The van der Waals surface area contributed by atoms with Crippen LogP contribution in [0.1, 0.15) is 59.1 Å². The fourth-order valence-corrected chi connectivity index (χ4v) is 4.78. The summed E-state index contributed by atoms with van der Waals surface area (Å²) < 4.78 is 8.27. The molecule has 30 heavy (non-hydrogen) atoms. The molecule has 1 aliphatic rings. The second kappa shape index (κ2) is 8.38. The first-order valence-electron chi connectivity index (χ1n) is 10.8. The van der Waals surface area contributed by atoms with Crippen LogP contribution in [0.2, 0.25) is 0 Å². The lowest BCUT2D eigenvalue weighted by Crippen LogP contribution is -2.53. The molecule has 0 spiro atoms. The van der Waals surface area contributed by atoms with Crippen LogP contribution < -0.4 is 10.5 Å². The smallest absolute Gasteiger partial charge is 0.310 e. The molecular weight excluding hydrogens is 380 g/mol. The summed E-state index contributed by atoms with van der Waals surface area (Å²) in [4.78, 5) is 12.3. The highest BCUT2D eigenvalue weighted by molar-refractivity contribution is 5.75. The van der Waals surface area contributed by atoms with E-state index in [0.29, 0.717) is 19.4 Å². The second-order valence-corrected chi connectivity index (χ2v) is 9.20. The zero-order valence-corrected chi connectivity index (χ0v) is 18.7. The summed E-state index contributed by atoms with van der Waals surface area (Å²) in [6.07, 6.45) is 2.93. The van der Waals surface area contributed by atoms with Crippen LogP contribution in [0.4, 0.5) is 0 Å². The highest BCUT2D eigenvalue weighted by Crippen LogP contribution is 2.51. The topological polar surface area (TPSA) is 103 Å². The average Bonchev–Trinajstić information content (AvgIpc) is 3.08. The van der Waals surface area contributed by atoms with Gasteiger partial charge >= 0.3 is 5.97 Å². The van der Waals surface area contributed by atoms with Crippen molar-refractivity contribution in [1.29, 1.82) is 0 Å². The molecule has 0 amide bonds. The van der Waals surface area contributed by atoms with Gasteiger partial charge in [-0.1, -0.05) is 32.9 Å². The Balaban J connectivity index is 1.89. The minimum absolute atomic E-state index is 0.0470. The first-order chi connectivity index (χ1) is 14.1. The Hall–Kier alpha value is -2.41. The van der Waals surface area contributed by atoms with Gasteiger partial charge in [-0.25, -0.2) is 0 Å². The summed E-state index contributed by atoms with van der Waals surface area (Å²) in [6.45, 7) is 8.63. The van der Waals surface area contributed by atoms with Crippen molar-refractivity contribution in [3.63, 3.8) is 0 Å². The van der Waals surface area contributed by atoms with E-state index in [1.807, 2.05) is 45.2 Å². The summed E-state index contributed by atoms with van der Waals surface area (Å²) in [6, 6.07) is 7.78. The molecule has 7 heteroatoms. The number of ether oxygens (including phenoxy) is 1. The normalized spacial score (nSPS) is 24.4. The lowest BCUT2D eigenvalue weighted by Gasteiger charge is -2.49. The number of rotatable bonds is 7. The molecule has 2 aromatic rings. The van der Waals surface area contributed by atoms with Crippen LogP contribution >= 0.6 is 0 Å². The minimum Gasteiger partial charge on any atom is -0.487 e. The fraction of sp³-hybridized carbons (Fsp3) is 0.609. The monoisotopic (exact) mass is 414 g/mol. The number of hydrogen-bond acceptors (Lipinski definition) is 5. The first-order valence-corrected chi connectivity index (χ1v) is 10.8. The Morgan fingerprint density at radius 3 is 2.40 bits per heavy atom. The van der Waals surface area contributed by atoms with Crippen molar-refractivity contribution in [2.45, 2.75) is 65.5 Å². The van der Waals surface area contributed by atoms with Crippen LogP contribution in [0.15, 0.2) is 24.3 Å². The van der Waals surface area contributed by atoms with Crippen LogP contribution in [0.25, 0.3) is 11.3 Å². The van der Waals surface area contributed by atoms with Gasteiger partial charge in [-0.3, -0.25) is 9.48 Å². The molecule has 0 saturated heterocycles. The Morgan fingerprint density at radius 1 is 1.20 bits per heavy atom. The quantitative estimate of drug-likeness (QED) is 0.709.